The SMILES string of the molecule is NC1C/C(=C\C2CC2(F)F)C12CCC2. The highest BCUT2D eigenvalue weighted by Crippen LogP contribution is 2.61. The first-order chi connectivity index (χ1) is 6.55. The van der Waals surface area contributed by atoms with Crippen molar-refractivity contribution in [2.24, 2.45) is 17.1 Å². The molecule has 1 nitrogen and oxygen atoms in total. The van der Waals surface area contributed by atoms with E-state index >= 15 is 0 Å². The normalized spacial score (nSPS) is 44.6. The van der Waals surface area contributed by atoms with Crippen molar-refractivity contribution in [2.45, 2.75) is 44.1 Å². The van der Waals surface area contributed by atoms with Crippen molar-refractivity contribution in [1.82, 2.24) is 0 Å². The molecule has 0 aromatic rings. The van der Waals surface area contributed by atoms with E-state index in [1.165, 1.54) is 12.0 Å². The summed E-state index contributed by atoms with van der Waals surface area (Å²) in [5.74, 6) is -2.88. The standard InChI is InChI=1S/C11H15F2N/c12-11(13)6-8(11)4-7-5-9(14)10(7)2-1-3-10/h4,8-9H,1-3,5-6,14H2/b7-4+. The van der Waals surface area contributed by atoms with Crippen molar-refractivity contribution in [1.29, 1.82) is 0 Å². The van der Waals surface area contributed by atoms with Gasteiger partial charge in [-0.3, -0.25) is 0 Å². The molecule has 3 aliphatic carbocycles. The topological polar surface area (TPSA) is 26.0 Å². The van der Waals surface area contributed by atoms with Crippen LogP contribution < -0.4 is 5.73 Å². The minimum absolute atomic E-state index is 0.0574. The fourth-order valence-electron chi connectivity index (χ4n) is 2.88. The Labute approximate surface area is 82.4 Å². The molecule has 0 saturated heterocycles. The van der Waals surface area contributed by atoms with E-state index in [1.54, 1.807) is 0 Å². The van der Waals surface area contributed by atoms with Gasteiger partial charge in [0.15, 0.2) is 0 Å². The molecule has 0 aliphatic heterocycles. The molecule has 0 heterocycles. The van der Waals surface area contributed by atoms with E-state index in [9.17, 15) is 8.78 Å². The molecule has 0 amide bonds. The molecule has 3 fully saturated rings. The minimum atomic E-state index is -2.41. The molecular weight excluding hydrogens is 184 g/mol. The Morgan fingerprint density at radius 1 is 1.36 bits per heavy atom. The molecule has 3 aliphatic rings. The van der Waals surface area contributed by atoms with Gasteiger partial charge >= 0.3 is 0 Å². The summed E-state index contributed by atoms with van der Waals surface area (Å²) in [4.78, 5) is 0. The van der Waals surface area contributed by atoms with E-state index in [0.717, 1.165) is 19.3 Å². The smallest absolute Gasteiger partial charge is 0.255 e. The zero-order valence-corrected chi connectivity index (χ0v) is 8.10. The third kappa shape index (κ3) is 0.964. The second-order valence-electron chi connectivity index (χ2n) is 5.08. The van der Waals surface area contributed by atoms with Crippen LogP contribution in [0.15, 0.2) is 11.6 Å². The van der Waals surface area contributed by atoms with Crippen LogP contribution in [-0.4, -0.2) is 12.0 Å². The molecule has 2 N–H and O–H groups in total. The van der Waals surface area contributed by atoms with Crippen LogP contribution in [0.2, 0.25) is 0 Å². The van der Waals surface area contributed by atoms with E-state index in [2.05, 4.69) is 0 Å². The number of halogens is 2. The van der Waals surface area contributed by atoms with Gasteiger partial charge in [-0.15, -0.1) is 0 Å². The first-order valence-corrected chi connectivity index (χ1v) is 5.39. The van der Waals surface area contributed by atoms with Crippen LogP contribution in [0.4, 0.5) is 8.78 Å². The van der Waals surface area contributed by atoms with E-state index in [0.29, 0.717) is 0 Å². The molecule has 3 saturated carbocycles. The lowest BCUT2D eigenvalue weighted by atomic mass is 9.50. The highest BCUT2D eigenvalue weighted by molar-refractivity contribution is 5.34. The summed E-state index contributed by atoms with van der Waals surface area (Å²) in [7, 11) is 0. The molecular formula is C11H15F2N. The molecule has 14 heavy (non-hydrogen) atoms. The van der Waals surface area contributed by atoms with Crippen LogP contribution in [0.5, 0.6) is 0 Å². The van der Waals surface area contributed by atoms with Gasteiger partial charge in [0.1, 0.15) is 0 Å². The molecule has 3 rings (SSSR count). The lowest BCUT2D eigenvalue weighted by molar-refractivity contribution is 0.0742. The third-order valence-corrected chi connectivity index (χ3v) is 4.31. The van der Waals surface area contributed by atoms with Crippen LogP contribution in [0.1, 0.15) is 32.1 Å². The Bertz CT molecular complexity index is 304. The fraction of sp³-hybridized carbons (Fsp3) is 0.818. The van der Waals surface area contributed by atoms with Crippen molar-refractivity contribution in [3.63, 3.8) is 0 Å². The Morgan fingerprint density at radius 3 is 2.36 bits per heavy atom. The summed E-state index contributed by atoms with van der Waals surface area (Å²) >= 11 is 0. The number of nitrogens with two attached hydrogens (primary N) is 1. The highest BCUT2D eigenvalue weighted by atomic mass is 19.3. The monoisotopic (exact) mass is 199 g/mol. The summed E-state index contributed by atoms with van der Waals surface area (Å²) in [6.45, 7) is 0. The van der Waals surface area contributed by atoms with Crippen molar-refractivity contribution in [2.75, 3.05) is 0 Å². The van der Waals surface area contributed by atoms with E-state index < -0.39 is 11.8 Å². The average molecular weight is 199 g/mol. The Morgan fingerprint density at radius 2 is 2.00 bits per heavy atom. The maximum Gasteiger partial charge on any atom is 0.255 e. The molecule has 0 aromatic heterocycles. The zero-order valence-electron chi connectivity index (χ0n) is 8.10. The van der Waals surface area contributed by atoms with Gasteiger partial charge in [0.2, 0.25) is 0 Å². The summed E-state index contributed by atoms with van der Waals surface area (Å²) in [5, 5.41) is 0. The lowest BCUT2D eigenvalue weighted by Gasteiger charge is -2.57. The molecule has 0 bridgehead atoms. The Hall–Kier alpha value is -0.440. The Balaban J connectivity index is 1.75. The van der Waals surface area contributed by atoms with Crippen LogP contribution in [-0.2, 0) is 0 Å². The average Bonchev–Trinajstić information content (AvgIpc) is 2.54. The van der Waals surface area contributed by atoms with Crippen LogP contribution in [0.3, 0.4) is 0 Å². The first-order valence-electron chi connectivity index (χ1n) is 5.39. The molecule has 3 heteroatoms. The van der Waals surface area contributed by atoms with Gasteiger partial charge in [-0.2, -0.15) is 0 Å². The summed E-state index contributed by atoms with van der Waals surface area (Å²) < 4.78 is 25.4. The van der Waals surface area contributed by atoms with Crippen molar-refractivity contribution in [3.8, 4) is 0 Å². The second-order valence-corrected chi connectivity index (χ2v) is 5.08. The van der Waals surface area contributed by atoms with Gasteiger partial charge < -0.3 is 5.73 Å². The van der Waals surface area contributed by atoms with Gasteiger partial charge in [0, 0.05) is 23.8 Å². The third-order valence-electron chi connectivity index (χ3n) is 4.31. The predicted octanol–water partition coefficient (Wildman–Crippen LogP) is 2.47. The maximum absolute atomic E-state index is 12.7. The molecule has 0 aromatic carbocycles. The largest absolute Gasteiger partial charge is 0.327 e. The highest BCUT2D eigenvalue weighted by Gasteiger charge is 2.58. The summed E-state index contributed by atoms with van der Waals surface area (Å²) in [6.07, 6.45) is 6.19. The van der Waals surface area contributed by atoms with E-state index in [1.807, 2.05) is 6.08 Å². The number of hydrogen-bond donors (Lipinski definition) is 1. The van der Waals surface area contributed by atoms with Gasteiger partial charge in [-0.25, -0.2) is 8.78 Å². The molecule has 78 valence electrons. The number of allylic oxidation sites excluding steroid dienone is 1. The lowest BCUT2D eigenvalue weighted by Crippen LogP contribution is -2.56. The van der Waals surface area contributed by atoms with E-state index in [-0.39, 0.29) is 17.9 Å². The fourth-order valence-corrected chi connectivity index (χ4v) is 2.88. The van der Waals surface area contributed by atoms with E-state index in [4.69, 9.17) is 5.73 Å². The predicted molar refractivity (Wildman–Crippen MR) is 50.0 cm³/mol. The van der Waals surface area contributed by atoms with Gasteiger partial charge in [0.05, 0.1) is 0 Å². The van der Waals surface area contributed by atoms with Crippen molar-refractivity contribution in [3.05, 3.63) is 11.6 Å². The van der Waals surface area contributed by atoms with Gasteiger partial charge in [-0.1, -0.05) is 18.1 Å². The zero-order chi connectivity index (χ0) is 9.97. The maximum atomic E-state index is 12.7. The van der Waals surface area contributed by atoms with Crippen LogP contribution >= 0.6 is 0 Å². The number of rotatable bonds is 1. The molecule has 1 spiro atoms. The summed E-state index contributed by atoms with van der Waals surface area (Å²) in [6, 6.07) is 0.245. The van der Waals surface area contributed by atoms with Gasteiger partial charge in [-0.05, 0) is 19.3 Å². The second kappa shape index (κ2) is 2.38. The number of hydrogen-bond acceptors (Lipinski definition) is 1. The quantitative estimate of drug-likeness (QED) is 0.645. The van der Waals surface area contributed by atoms with Crippen molar-refractivity contribution < 1.29 is 8.78 Å². The van der Waals surface area contributed by atoms with Gasteiger partial charge in [0.25, 0.3) is 5.92 Å². The van der Waals surface area contributed by atoms with Crippen LogP contribution in [0, 0.1) is 11.3 Å². The number of alkyl halides is 2. The minimum Gasteiger partial charge on any atom is -0.327 e. The van der Waals surface area contributed by atoms with Crippen molar-refractivity contribution >= 4 is 0 Å². The van der Waals surface area contributed by atoms with Crippen LogP contribution in [0.25, 0.3) is 0 Å². The molecule has 2 unspecified atom stereocenters. The molecule has 0 radical (unpaired) electrons. The summed E-state index contributed by atoms with van der Waals surface area (Å²) in [5.41, 5.74) is 7.34. The molecule has 2 atom stereocenters. The first kappa shape index (κ1) is 8.84. The Kier molecular flexibility index (Phi) is 1.50.